The van der Waals surface area contributed by atoms with E-state index in [1.165, 1.54) is 31.4 Å². The van der Waals surface area contributed by atoms with Crippen molar-refractivity contribution in [1.82, 2.24) is 5.32 Å². The molecule has 1 N–H and O–H groups in total. The highest BCUT2D eigenvalue weighted by Crippen LogP contribution is 2.62. The maximum atomic E-state index is 4.01. The molecule has 2 fully saturated rings. The van der Waals surface area contributed by atoms with Crippen molar-refractivity contribution in [3.05, 3.63) is 0 Å². The third kappa shape index (κ3) is 2.28. The highest BCUT2D eigenvalue weighted by molar-refractivity contribution is 7.98. The molecule has 0 spiro atoms. The fourth-order valence-corrected chi connectivity index (χ4v) is 5.17. The highest BCUT2D eigenvalue weighted by Gasteiger charge is 2.59. The zero-order chi connectivity index (χ0) is 12.7. The monoisotopic (exact) mass is 255 g/mol. The van der Waals surface area contributed by atoms with Crippen molar-refractivity contribution in [3.63, 3.8) is 0 Å². The van der Waals surface area contributed by atoms with Crippen LogP contribution in [0, 0.1) is 16.7 Å². The van der Waals surface area contributed by atoms with Gasteiger partial charge in [0.05, 0.1) is 0 Å². The van der Waals surface area contributed by atoms with Gasteiger partial charge in [-0.2, -0.15) is 11.8 Å². The molecule has 0 heterocycles. The largest absolute Gasteiger partial charge is 0.309 e. The summed E-state index contributed by atoms with van der Waals surface area (Å²) in [4.78, 5) is 0. The molecule has 1 nitrogen and oxygen atoms in total. The Morgan fingerprint density at radius 3 is 2.53 bits per heavy atom. The van der Waals surface area contributed by atoms with E-state index >= 15 is 0 Å². The van der Waals surface area contributed by atoms with Gasteiger partial charge in [-0.3, -0.25) is 0 Å². The first kappa shape index (κ1) is 13.7. The molecule has 2 heteroatoms. The summed E-state index contributed by atoms with van der Waals surface area (Å²) in [5.41, 5.74) is 1.07. The molecule has 2 aliphatic rings. The van der Waals surface area contributed by atoms with Crippen molar-refractivity contribution in [2.75, 3.05) is 12.0 Å². The van der Waals surface area contributed by atoms with Gasteiger partial charge in [-0.05, 0) is 48.7 Å². The lowest BCUT2D eigenvalue weighted by molar-refractivity contribution is 0.100. The van der Waals surface area contributed by atoms with Crippen molar-refractivity contribution in [1.29, 1.82) is 0 Å². The van der Waals surface area contributed by atoms with E-state index in [2.05, 4.69) is 39.3 Å². The quantitative estimate of drug-likeness (QED) is 0.799. The lowest BCUT2D eigenvalue weighted by Gasteiger charge is -2.45. The van der Waals surface area contributed by atoms with Gasteiger partial charge >= 0.3 is 0 Å². The van der Waals surface area contributed by atoms with Crippen LogP contribution in [0.1, 0.15) is 53.4 Å². The van der Waals surface area contributed by atoms with Gasteiger partial charge in [-0.25, -0.2) is 0 Å². The van der Waals surface area contributed by atoms with Gasteiger partial charge in [0, 0.05) is 17.8 Å². The molecule has 0 radical (unpaired) electrons. The molecule has 0 saturated heterocycles. The molecule has 2 rings (SSSR count). The average Bonchev–Trinajstić information content (AvgIpc) is 2.74. The maximum absolute atomic E-state index is 4.01. The van der Waals surface area contributed by atoms with Gasteiger partial charge in [-0.15, -0.1) is 0 Å². The third-order valence-electron chi connectivity index (χ3n) is 5.53. The van der Waals surface area contributed by atoms with Crippen LogP contribution in [-0.2, 0) is 0 Å². The number of thioether (sulfide) groups is 1. The Balaban J connectivity index is 2.09. The zero-order valence-corrected chi connectivity index (χ0v) is 13.0. The Morgan fingerprint density at radius 2 is 2.06 bits per heavy atom. The van der Waals surface area contributed by atoms with E-state index in [1.54, 1.807) is 0 Å². The Morgan fingerprint density at radius 1 is 1.35 bits per heavy atom. The van der Waals surface area contributed by atoms with Gasteiger partial charge in [0.15, 0.2) is 0 Å². The zero-order valence-electron chi connectivity index (χ0n) is 12.2. The van der Waals surface area contributed by atoms with Crippen molar-refractivity contribution < 1.29 is 0 Å². The number of hydrogen-bond acceptors (Lipinski definition) is 2. The SMILES string of the molecule is CCC(CSC)NC1C(C)(C)[C@H]2CC[C@]1(C)C2. The number of rotatable bonds is 5. The summed E-state index contributed by atoms with van der Waals surface area (Å²) in [5.74, 6) is 2.21. The van der Waals surface area contributed by atoms with Crippen molar-refractivity contribution >= 4 is 11.8 Å². The topological polar surface area (TPSA) is 12.0 Å². The highest BCUT2D eigenvalue weighted by atomic mass is 32.2. The lowest BCUT2D eigenvalue weighted by Crippen LogP contribution is -2.54. The van der Waals surface area contributed by atoms with Gasteiger partial charge in [0.1, 0.15) is 0 Å². The molecule has 0 aromatic heterocycles. The normalized spacial score (nSPS) is 40.8. The summed E-state index contributed by atoms with van der Waals surface area (Å²) < 4.78 is 0. The predicted molar refractivity (Wildman–Crippen MR) is 78.6 cm³/mol. The summed E-state index contributed by atoms with van der Waals surface area (Å²) in [6.45, 7) is 9.82. The predicted octanol–water partition coefficient (Wildman–Crippen LogP) is 3.93. The molecule has 0 aromatic carbocycles. The number of nitrogens with one attached hydrogen (secondary N) is 1. The minimum atomic E-state index is 0.499. The minimum Gasteiger partial charge on any atom is -0.309 e. The molecule has 0 amide bonds. The first-order valence-electron chi connectivity index (χ1n) is 7.19. The van der Waals surface area contributed by atoms with Gasteiger partial charge in [-0.1, -0.05) is 27.7 Å². The molecule has 2 aliphatic carbocycles. The number of hydrogen-bond donors (Lipinski definition) is 1. The third-order valence-corrected chi connectivity index (χ3v) is 6.27. The maximum Gasteiger partial charge on any atom is 0.0178 e. The van der Waals surface area contributed by atoms with Crippen LogP contribution >= 0.6 is 11.8 Å². The Bertz CT molecular complexity index is 271. The fourth-order valence-electron chi connectivity index (χ4n) is 4.44. The molecule has 0 aromatic rings. The molecular weight excluding hydrogens is 226 g/mol. The summed E-state index contributed by atoms with van der Waals surface area (Å²) in [6.07, 6.45) is 7.83. The standard InChI is InChI=1S/C15H29NS/c1-6-12(10-17-5)16-13-14(2,3)11-7-8-15(13,4)9-11/h11-13,16H,6-10H2,1-5H3/t11-,12?,13?,15+/m0/s1. The summed E-state index contributed by atoms with van der Waals surface area (Å²) in [5, 5.41) is 4.01. The van der Waals surface area contributed by atoms with E-state index in [0.717, 1.165) is 12.0 Å². The molecule has 2 unspecified atom stereocenters. The summed E-state index contributed by atoms with van der Waals surface area (Å²) >= 11 is 1.97. The second kappa shape index (κ2) is 4.77. The van der Waals surface area contributed by atoms with E-state index < -0.39 is 0 Å². The molecule has 0 aliphatic heterocycles. The van der Waals surface area contributed by atoms with E-state index in [4.69, 9.17) is 0 Å². The smallest absolute Gasteiger partial charge is 0.0178 e. The molecule has 17 heavy (non-hydrogen) atoms. The van der Waals surface area contributed by atoms with Crippen molar-refractivity contribution in [2.45, 2.75) is 65.5 Å². The first-order valence-corrected chi connectivity index (χ1v) is 8.58. The van der Waals surface area contributed by atoms with Crippen LogP contribution in [0.5, 0.6) is 0 Å². The lowest BCUT2D eigenvalue weighted by atomic mass is 9.68. The van der Waals surface area contributed by atoms with Crippen LogP contribution < -0.4 is 5.32 Å². The van der Waals surface area contributed by atoms with Crippen LogP contribution in [0.25, 0.3) is 0 Å². The van der Waals surface area contributed by atoms with Gasteiger partial charge < -0.3 is 5.32 Å². The first-order chi connectivity index (χ1) is 7.94. The van der Waals surface area contributed by atoms with Crippen molar-refractivity contribution in [3.8, 4) is 0 Å². The van der Waals surface area contributed by atoms with Gasteiger partial charge in [0.2, 0.25) is 0 Å². The summed E-state index contributed by atoms with van der Waals surface area (Å²) in [7, 11) is 0. The van der Waals surface area contributed by atoms with Crippen molar-refractivity contribution in [2.24, 2.45) is 16.7 Å². The Labute approximate surface area is 112 Å². The van der Waals surface area contributed by atoms with Crippen LogP contribution in [0.15, 0.2) is 0 Å². The molecule has 100 valence electrons. The minimum absolute atomic E-state index is 0.499. The molecule has 4 atom stereocenters. The van der Waals surface area contributed by atoms with E-state index in [-0.39, 0.29) is 0 Å². The van der Waals surface area contributed by atoms with Crippen LogP contribution in [-0.4, -0.2) is 24.1 Å². The van der Waals surface area contributed by atoms with E-state index in [0.29, 0.717) is 16.9 Å². The Hall–Kier alpha value is 0.310. The van der Waals surface area contributed by atoms with Crippen LogP contribution in [0.4, 0.5) is 0 Å². The second-order valence-electron chi connectivity index (χ2n) is 7.08. The molecule has 2 saturated carbocycles. The van der Waals surface area contributed by atoms with Crippen LogP contribution in [0.3, 0.4) is 0 Å². The second-order valence-corrected chi connectivity index (χ2v) is 7.99. The van der Waals surface area contributed by atoms with Gasteiger partial charge in [0.25, 0.3) is 0 Å². The van der Waals surface area contributed by atoms with E-state index in [1.807, 2.05) is 11.8 Å². The van der Waals surface area contributed by atoms with Crippen LogP contribution in [0.2, 0.25) is 0 Å². The molecular formula is C15H29NS. The fraction of sp³-hybridized carbons (Fsp3) is 1.00. The molecule has 2 bridgehead atoms. The Kier molecular flexibility index (Phi) is 3.85. The van der Waals surface area contributed by atoms with E-state index in [9.17, 15) is 0 Å². The summed E-state index contributed by atoms with van der Waals surface area (Å²) in [6, 6.07) is 1.43. The number of fused-ring (bicyclic) bond motifs is 2. The average molecular weight is 255 g/mol.